The lowest BCUT2D eigenvalue weighted by Gasteiger charge is -2.15. The molecule has 1 unspecified atom stereocenters. The van der Waals surface area contributed by atoms with Crippen LogP contribution in [-0.4, -0.2) is 18.5 Å². The number of carbonyl (C=O) groups is 1. The van der Waals surface area contributed by atoms with E-state index in [1.165, 1.54) is 12.1 Å². The number of hydrogen-bond acceptors (Lipinski definition) is 2. The van der Waals surface area contributed by atoms with Crippen molar-refractivity contribution in [3.05, 3.63) is 27.6 Å². The van der Waals surface area contributed by atoms with Gasteiger partial charge >= 0.3 is 0 Å². The Morgan fingerprint density at radius 1 is 1.65 bits per heavy atom. The maximum Gasteiger partial charge on any atom is 0.242 e. The maximum absolute atomic E-state index is 12.9. The predicted octanol–water partition coefficient (Wildman–Crippen LogP) is 1.98. The van der Waals surface area contributed by atoms with E-state index in [-0.39, 0.29) is 18.3 Å². The maximum atomic E-state index is 12.9. The summed E-state index contributed by atoms with van der Waals surface area (Å²) in [5, 5.41) is 5.56. The minimum atomic E-state index is -0.428. The molecule has 0 spiro atoms. The molecule has 3 nitrogen and oxygen atoms in total. The summed E-state index contributed by atoms with van der Waals surface area (Å²) >= 11 is 2.00. The van der Waals surface area contributed by atoms with E-state index >= 15 is 0 Å². The van der Waals surface area contributed by atoms with Crippen molar-refractivity contribution in [2.75, 3.05) is 11.9 Å². The number of carbonyl (C=O) groups excluding carboxylic acids is 1. The zero-order valence-electron chi connectivity index (χ0n) is 9.26. The van der Waals surface area contributed by atoms with Gasteiger partial charge in [0.1, 0.15) is 11.9 Å². The summed E-state index contributed by atoms with van der Waals surface area (Å²) in [5.41, 5.74) is 0.718. The first-order chi connectivity index (χ1) is 8.04. The summed E-state index contributed by atoms with van der Waals surface area (Å²) in [4.78, 5) is 11.5. The van der Waals surface area contributed by atoms with Crippen molar-refractivity contribution in [3.8, 4) is 12.3 Å². The Balaban J connectivity index is 2.65. The van der Waals surface area contributed by atoms with Crippen molar-refractivity contribution < 1.29 is 9.18 Å². The Hall–Kier alpha value is -1.29. The van der Waals surface area contributed by atoms with Crippen LogP contribution in [0.2, 0.25) is 0 Å². The fourth-order valence-corrected chi connectivity index (χ4v) is 1.83. The molecule has 0 saturated carbocycles. The molecule has 1 atom stereocenters. The molecule has 2 N–H and O–H groups in total. The number of hydrogen-bond donors (Lipinski definition) is 2. The predicted molar refractivity (Wildman–Crippen MR) is 74.0 cm³/mol. The number of nitrogens with one attached hydrogen (secondary N) is 2. The van der Waals surface area contributed by atoms with Crippen LogP contribution in [0.4, 0.5) is 10.1 Å². The van der Waals surface area contributed by atoms with Crippen molar-refractivity contribution in [1.29, 1.82) is 0 Å². The highest BCUT2D eigenvalue weighted by molar-refractivity contribution is 14.1. The second kappa shape index (κ2) is 6.45. The lowest BCUT2D eigenvalue weighted by molar-refractivity contribution is -0.121. The van der Waals surface area contributed by atoms with E-state index in [1.807, 2.05) is 22.6 Å². The largest absolute Gasteiger partial charge is 0.373 e. The minimum Gasteiger partial charge on any atom is -0.373 e. The summed E-state index contributed by atoms with van der Waals surface area (Å²) in [7, 11) is 0. The van der Waals surface area contributed by atoms with Gasteiger partial charge in [-0.2, -0.15) is 0 Å². The molecule has 0 aliphatic heterocycles. The Bertz CT molecular complexity index is 456. The monoisotopic (exact) mass is 346 g/mol. The Labute approximate surface area is 113 Å². The third kappa shape index (κ3) is 4.23. The lowest BCUT2D eigenvalue weighted by atomic mass is 10.2. The van der Waals surface area contributed by atoms with Gasteiger partial charge in [-0.15, -0.1) is 6.42 Å². The summed E-state index contributed by atoms with van der Waals surface area (Å²) in [6.07, 6.45) is 5.04. The zero-order valence-corrected chi connectivity index (χ0v) is 11.4. The summed E-state index contributed by atoms with van der Waals surface area (Å²) in [6.45, 7) is 1.91. The Morgan fingerprint density at radius 3 is 2.94 bits per heavy atom. The molecule has 0 bridgehead atoms. The zero-order chi connectivity index (χ0) is 12.8. The van der Waals surface area contributed by atoms with Crippen molar-refractivity contribution in [2.24, 2.45) is 0 Å². The molecule has 0 radical (unpaired) electrons. The van der Waals surface area contributed by atoms with E-state index in [9.17, 15) is 9.18 Å². The molecule has 0 aliphatic carbocycles. The van der Waals surface area contributed by atoms with Crippen molar-refractivity contribution in [2.45, 2.75) is 13.0 Å². The van der Waals surface area contributed by atoms with Crippen LogP contribution in [-0.2, 0) is 4.79 Å². The van der Waals surface area contributed by atoms with Gasteiger partial charge in [-0.1, -0.05) is 5.92 Å². The van der Waals surface area contributed by atoms with Gasteiger partial charge in [0.2, 0.25) is 5.91 Å². The molecule has 0 fully saturated rings. The van der Waals surface area contributed by atoms with Crippen molar-refractivity contribution in [1.82, 2.24) is 5.32 Å². The van der Waals surface area contributed by atoms with Crippen molar-refractivity contribution in [3.63, 3.8) is 0 Å². The van der Waals surface area contributed by atoms with E-state index in [1.54, 1.807) is 13.0 Å². The van der Waals surface area contributed by atoms with Crippen molar-refractivity contribution >= 4 is 34.2 Å². The van der Waals surface area contributed by atoms with Gasteiger partial charge in [0.05, 0.1) is 6.54 Å². The molecule has 0 aliphatic rings. The summed E-state index contributed by atoms with van der Waals surface area (Å²) < 4.78 is 13.6. The number of amides is 1. The third-order valence-electron chi connectivity index (χ3n) is 2.06. The first-order valence-corrected chi connectivity index (χ1v) is 6.05. The molecule has 0 saturated heterocycles. The van der Waals surface area contributed by atoms with E-state index in [0.29, 0.717) is 0 Å². The van der Waals surface area contributed by atoms with Gasteiger partial charge in [0, 0.05) is 9.26 Å². The SMILES string of the molecule is C#CCNC(=O)C(C)Nc1ccc(F)cc1I. The number of anilines is 1. The highest BCUT2D eigenvalue weighted by Crippen LogP contribution is 2.19. The summed E-state index contributed by atoms with van der Waals surface area (Å²) in [5.74, 6) is 1.83. The molecule has 0 aromatic heterocycles. The van der Waals surface area contributed by atoms with E-state index < -0.39 is 6.04 Å². The quantitative estimate of drug-likeness (QED) is 0.647. The molecule has 17 heavy (non-hydrogen) atoms. The average molecular weight is 346 g/mol. The van der Waals surface area contributed by atoms with Crippen LogP contribution < -0.4 is 10.6 Å². The first kappa shape index (κ1) is 13.8. The van der Waals surface area contributed by atoms with Gasteiger partial charge in [-0.25, -0.2) is 4.39 Å². The van der Waals surface area contributed by atoms with Gasteiger partial charge in [-0.3, -0.25) is 4.79 Å². The van der Waals surface area contributed by atoms with Crippen LogP contribution in [0.5, 0.6) is 0 Å². The minimum absolute atomic E-state index is 0.192. The van der Waals surface area contributed by atoms with Gasteiger partial charge in [-0.05, 0) is 47.7 Å². The van der Waals surface area contributed by atoms with Crippen LogP contribution in [0.15, 0.2) is 18.2 Å². The second-order valence-corrected chi connectivity index (χ2v) is 4.57. The fraction of sp³-hybridized carbons (Fsp3) is 0.250. The summed E-state index contributed by atoms with van der Waals surface area (Å²) in [6, 6.07) is 3.91. The molecular weight excluding hydrogens is 334 g/mol. The molecule has 1 aromatic rings. The topological polar surface area (TPSA) is 41.1 Å². The molecule has 1 aromatic carbocycles. The van der Waals surface area contributed by atoms with Gasteiger partial charge in [0.25, 0.3) is 0 Å². The highest BCUT2D eigenvalue weighted by atomic mass is 127. The Kier molecular flexibility index (Phi) is 5.22. The van der Waals surface area contributed by atoms with Crippen LogP contribution >= 0.6 is 22.6 Å². The average Bonchev–Trinajstić information content (AvgIpc) is 2.29. The number of terminal acetylenes is 1. The van der Waals surface area contributed by atoms with Crippen LogP contribution in [0.25, 0.3) is 0 Å². The lowest BCUT2D eigenvalue weighted by Crippen LogP contribution is -2.37. The second-order valence-electron chi connectivity index (χ2n) is 3.41. The molecule has 0 heterocycles. The number of rotatable bonds is 4. The van der Waals surface area contributed by atoms with Crippen LogP contribution in [0.1, 0.15) is 6.92 Å². The standard InChI is InChI=1S/C12H12FIN2O/c1-3-6-15-12(17)8(2)16-11-5-4-9(13)7-10(11)14/h1,4-5,7-8,16H,6H2,2H3,(H,15,17). The fourth-order valence-electron chi connectivity index (χ4n) is 1.20. The van der Waals surface area contributed by atoms with Gasteiger partial charge in [0.15, 0.2) is 0 Å². The molecule has 1 amide bonds. The van der Waals surface area contributed by atoms with E-state index in [4.69, 9.17) is 6.42 Å². The molecule has 1 rings (SSSR count). The van der Waals surface area contributed by atoms with E-state index in [2.05, 4.69) is 16.6 Å². The highest BCUT2D eigenvalue weighted by Gasteiger charge is 2.12. The number of halogens is 2. The number of benzene rings is 1. The molecule has 90 valence electrons. The van der Waals surface area contributed by atoms with E-state index in [0.717, 1.165) is 9.26 Å². The molecule has 5 heteroatoms. The van der Waals surface area contributed by atoms with Crippen LogP contribution in [0, 0.1) is 21.7 Å². The normalized spacial score (nSPS) is 11.4. The molecular formula is C12H12FIN2O. The Morgan fingerprint density at radius 2 is 2.35 bits per heavy atom. The smallest absolute Gasteiger partial charge is 0.242 e. The van der Waals surface area contributed by atoms with Crippen LogP contribution in [0.3, 0.4) is 0 Å². The van der Waals surface area contributed by atoms with Gasteiger partial charge < -0.3 is 10.6 Å². The third-order valence-corrected chi connectivity index (χ3v) is 2.95. The first-order valence-electron chi connectivity index (χ1n) is 4.97.